The number of carbonyl (C=O) groups excluding carboxylic acids is 2. The lowest BCUT2D eigenvalue weighted by Crippen LogP contribution is -2.44. The molecule has 2 aromatic carbocycles. The molecule has 1 amide bonds. The van der Waals surface area contributed by atoms with Crippen molar-refractivity contribution in [3.05, 3.63) is 84.2 Å². The monoisotopic (exact) mass is 459 g/mol. The topological polar surface area (TPSA) is 83.0 Å². The number of ether oxygens (including phenoxy) is 1. The average molecular weight is 460 g/mol. The van der Waals surface area contributed by atoms with Crippen molar-refractivity contribution in [3.63, 3.8) is 0 Å². The second-order valence-electron chi connectivity index (χ2n) is 8.33. The van der Waals surface area contributed by atoms with E-state index in [1.54, 1.807) is 30.4 Å². The normalized spacial score (nSPS) is 14.7. The van der Waals surface area contributed by atoms with E-state index in [1.807, 2.05) is 53.5 Å². The van der Waals surface area contributed by atoms with Gasteiger partial charge in [-0.1, -0.05) is 30.3 Å². The molecule has 1 atom stereocenters. The summed E-state index contributed by atoms with van der Waals surface area (Å²) in [6.45, 7) is 1.45. The van der Waals surface area contributed by atoms with E-state index in [2.05, 4.69) is 11.1 Å². The molecule has 1 aromatic heterocycles. The first kappa shape index (κ1) is 23.4. The number of nitrogens with zero attached hydrogens (tertiary/aromatic N) is 3. The van der Waals surface area contributed by atoms with Crippen LogP contribution in [-0.4, -0.2) is 40.1 Å². The third-order valence-corrected chi connectivity index (χ3v) is 6.13. The lowest BCUT2D eigenvalue weighted by molar-refractivity contribution is -0.137. The Hall–Kier alpha value is -3.71. The van der Waals surface area contributed by atoms with Gasteiger partial charge in [-0.25, -0.2) is 14.8 Å². The number of hydrogen-bond donors (Lipinski definition) is 1. The molecule has 0 saturated carbocycles. The molecule has 0 spiro atoms. The molecule has 0 radical (unpaired) electrons. The molecule has 7 nitrogen and oxygen atoms in total. The molecule has 1 heterocycles. The molecule has 0 bridgehead atoms. The summed E-state index contributed by atoms with van der Waals surface area (Å²) >= 11 is 0. The first-order chi connectivity index (χ1) is 16.6. The van der Waals surface area contributed by atoms with Gasteiger partial charge in [-0.05, 0) is 73.1 Å². The molecule has 4 rings (SSSR count). The van der Waals surface area contributed by atoms with Crippen molar-refractivity contribution in [1.29, 1.82) is 0 Å². The summed E-state index contributed by atoms with van der Waals surface area (Å²) in [5, 5.41) is 12.7. The van der Waals surface area contributed by atoms with Gasteiger partial charge in [0.1, 0.15) is 12.4 Å². The number of aromatic nitrogens is 1. The fourth-order valence-electron chi connectivity index (χ4n) is 4.62. The smallest absolute Gasteiger partial charge is 0.337 e. The lowest BCUT2D eigenvalue weighted by atomic mass is 9.80. The Kier molecular flexibility index (Phi) is 7.54. The number of hydrogen-bond acceptors (Lipinski definition) is 6. The molecular weight excluding hydrogens is 430 g/mol. The number of fused-ring (bicyclic) bond motifs is 1. The number of esters is 1. The Morgan fingerprint density at radius 2 is 1.85 bits per heavy atom. The summed E-state index contributed by atoms with van der Waals surface area (Å²) in [5.74, 6) is 0.0264. The highest BCUT2D eigenvalue weighted by Gasteiger charge is 2.27. The van der Waals surface area contributed by atoms with Crippen LogP contribution in [0.25, 0.3) is 0 Å². The van der Waals surface area contributed by atoms with Gasteiger partial charge in [-0.15, -0.1) is 0 Å². The van der Waals surface area contributed by atoms with Gasteiger partial charge in [0.2, 0.25) is 5.91 Å². The molecule has 0 saturated heterocycles. The van der Waals surface area contributed by atoms with Crippen LogP contribution in [0, 0.1) is 0 Å². The van der Waals surface area contributed by atoms with Gasteiger partial charge >= 0.3 is 5.97 Å². The third kappa shape index (κ3) is 5.26. The van der Waals surface area contributed by atoms with Crippen LogP contribution >= 0.6 is 0 Å². The van der Waals surface area contributed by atoms with Gasteiger partial charge in [0.15, 0.2) is 0 Å². The number of para-hydroxylation sites is 1. The Labute approximate surface area is 199 Å². The van der Waals surface area contributed by atoms with Crippen molar-refractivity contribution < 1.29 is 19.4 Å². The second kappa shape index (κ2) is 10.9. The van der Waals surface area contributed by atoms with E-state index in [0.29, 0.717) is 12.3 Å². The molecule has 7 heteroatoms. The number of rotatable bonds is 8. The average Bonchev–Trinajstić information content (AvgIpc) is 2.87. The van der Waals surface area contributed by atoms with Crippen LogP contribution in [0.2, 0.25) is 0 Å². The Bertz CT molecular complexity index is 1080. The maximum Gasteiger partial charge on any atom is 0.337 e. The fraction of sp³-hybridized carbons (Fsp3) is 0.296. The van der Waals surface area contributed by atoms with Gasteiger partial charge < -0.3 is 9.84 Å². The third-order valence-electron chi connectivity index (χ3n) is 6.13. The molecule has 1 unspecified atom stereocenters. The highest BCUT2D eigenvalue weighted by molar-refractivity contribution is 5.78. The van der Waals surface area contributed by atoms with Crippen LogP contribution in [0.4, 0.5) is 11.4 Å². The summed E-state index contributed by atoms with van der Waals surface area (Å²) < 4.78 is 5.36. The predicted octanol–water partition coefficient (Wildman–Crippen LogP) is 4.39. The van der Waals surface area contributed by atoms with Gasteiger partial charge in [0.25, 0.3) is 0 Å². The highest BCUT2D eigenvalue weighted by atomic mass is 16.5. The molecule has 1 aliphatic rings. The zero-order valence-electron chi connectivity index (χ0n) is 19.3. The van der Waals surface area contributed by atoms with E-state index in [1.165, 1.54) is 0 Å². The number of anilines is 2. The minimum absolute atomic E-state index is 0.0608. The minimum Gasteiger partial charge on any atom is -0.425 e. The molecular formula is C27H29N3O4. The number of aliphatic hydroxyl groups is 1. The zero-order chi connectivity index (χ0) is 23.9. The van der Waals surface area contributed by atoms with Crippen molar-refractivity contribution in [2.24, 2.45) is 0 Å². The molecule has 3 aromatic rings. The largest absolute Gasteiger partial charge is 0.425 e. The minimum atomic E-state index is -0.659. The summed E-state index contributed by atoms with van der Waals surface area (Å²) in [6, 6.07) is 19.3. The van der Waals surface area contributed by atoms with E-state index < -0.39 is 12.6 Å². The number of pyridine rings is 1. The van der Waals surface area contributed by atoms with E-state index in [4.69, 9.17) is 9.84 Å². The summed E-state index contributed by atoms with van der Waals surface area (Å²) in [7, 11) is 0. The van der Waals surface area contributed by atoms with Crippen molar-refractivity contribution in [3.8, 4) is 5.75 Å². The van der Waals surface area contributed by atoms with Crippen LogP contribution in [0.15, 0.2) is 73.1 Å². The van der Waals surface area contributed by atoms with Crippen LogP contribution in [-0.2, 0) is 16.0 Å². The van der Waals surface area contributed by atoms with Crippen LogP contribution in [0.5, 0.6) is 5.75 Å². The van der Waals surface area contributed by atoms with E-state index in [9.17, 15) is 9.59 Å². The van der Waals surface area contributed by atoms with Crippen molar-refractivity contribution in [2.75, 3.05) is 18.2 Å². The number of hydrazine groups is 1. The quantitative estimate of drug-likeness (QED) is 0.306. The van der Waals surface area contributed by atoms with Crippen LogP contribution < -0.4 is 9.75 Å². The number of aliphatic hydroxyl groups excluding tert-OH is 1. The molecule has 34 heavy (non-hydrogen) atoms. The summed E-state index contributed by atoms with van der Waals surface area (Å²) in [6.07, 6.45) is 7.01. The summed E-state index contributed by atoms with van der Waals surface area (Å²) in [4.78, 5) is 28.8. The van der Waals surface area contributed by atoms with Gasteiger partial charge in [0, 0.05) is 19.7 Å². The van der Waals surface area contributed by atoms with Crippen LogP contribution in [0.1, 0.15) is 43.2 Å². The zero-order valence-corrected chi connectivity index (χ0v) is 19.3. The first-order valence-electron chi connectivity index (χ1n) is 11.5. The molecule has 0 fully saturated rings. The first-order valence-corrected chi connectivity index (χ1v) is 11.5. The lowest BCUT2D eigenvalue weighted by Gasteiger charge is -2.37. The predicted molar refractivity (Wildman–Crippen MR) is 130 cm³/mol. The number of amides is 1. The summed E-state index contributed by atoms with van der Waals surface area (Å²) in [5.41, 5.74) is 3.85. The van der Waals surface area contributed by atoms with Gasteiger partial charge in [-0.2, -0.15) is 0 Å². The standard InChI is InChI=1S/C27H29N3O4/c1-20(32)29(30(22-9-3-2-4-10-22)23-11-7-16-28-18-23)17-15-21-8-5-13-25-24(21)12-6-14-26(25)34-27(33)19-31/h2-4,6-7,9-12,14,16,18,21,31H,5,8,13,15,17,19H2,1H3. The Morgan fingerprint density at radius 1 is 1.06 bits per heavy atom. The van der Waals surface area contributed by atoms with E-state index in [-0.39, 0.29) is 11.8 Å². The van der Waals surface area contributed by atoms with Crippen molar-refractivity contribution >= 4 is 23.3 Å². The Morgan fingerprint density at radius 3 is 2.56 bits per heavy atom. The Balaban J connectivity index is 1.60. The fourth-order valence-corrected chi connectivity index (χ4v) is 4.62. The van der Waals surface area contributed by atoms with Gasteiger partial charge in [0.05, 0.1) is 17.6 Å². The molecule has 1 N–H and O–H groups in total. The van der Waals surface area contributed by atoms with Crippen molar-refractivity contribution in [1.82, 2.24) is 9.99 Å². The van der Waals surface area contributed by atoms with Crippen LogP contribution in [0.3, 0.4) is 0 Å². The molecule has 1 aliphatic carbocycles. The SMILES string of the molecule is CC(=O)N(CCC1CCCc2c(OC(=O)CO)cccc21)N(c1ccccc1)c1cccnc1. The van der Waals surface area contributed by atoms with E-state index >= 15 is 0 Å². The molecule has 0 aliphatic heterocycles. The van der Waals surface area contributed by atoms with Gasteiger partial charge in [-0.3, -0.25) is 9.78 Å². The second-order valence-corrected chi connectivity index (χ2v) is 8.33. The maximum absolute atomic E-state index is 12.8. The van der Waals surface area contributed by atoms with Crippen molar-refractivity contribution in [2.45, 2.75) is 38.5 Å². The maximum atomic E-state index is 12.8. The highest BCUT2D eigenvalue weighted by Crippen LogP contribution is 2.39. The van der Waals surface area contributed by atoms with E-state index in [0.717, 1.165) is 48.2 Å². The number of carbonyl (C=O) groups is 2. The molecule has 176 valence electrons. The number of benzene rings is 2.